The first-order valence-electron chi connectivity index (χ1n) is 11.8. The predicted octanol–water partition coefficient (Wildman–Crippen LogP) is 2.01. The van der Waals surface area contributed by atoms with Gasteiger partial charge in [0, 0.05) is 24.2 Å². The lowest BCUT2D eigenvalue weighted by molar-refractivity contribution is -0.176. The van der Waals surface area contributed by atoms with Crippen molar-refractivity contribution in [2.24, 2.45) is 22.7 Å². The van der Waals surface area contributed by atoms with Gasteiger partial charge in [0.2, 0.25) is 11.8 Å². The molecule has 3 heterocycles. The van der Waals surface area contributed by atoms with E-state index in [0.717, 1.165) is 6.07 Å². The summed E-state index contributed by atoms with van der Waals surface area (Å²) in [5.41, 5.74) is -1.82. The van der Waals surface area contributed by atoms with Crippen molar-refractivity contribution in [1.29, 1.82) is 5.26 Å². The first-order valence-corrected chi connectivity index (χ1v) is 12.7. The number of likely N-dealkylation sites (tertiary alicyclic amines) is 1. The maximum absolute atomic E-state index is 13.6. The quantitative estimate of drug-likeness (QED) is 0.583. The Morgan fingerprint density at radius 1 is 1.24 bits per heavy atom. The summed E-state index contributed by atoms with van der Waals surface area (Å²) >= 11 is 1.17. The molecule has 3 amide bonds. The lowest BCUT2D eigenvalue weighted by Gasteiger charge is -2.37. The van der Waals surface area contributed by atoms with Gasteiger partial charge in [0.15, 0.2) is 11.0 Å². The van der Waals surface area contributed by atoms with Gasteiger partial charge in [-0.15, -0.1) is 11.3 Å². The van der Waals surface area contributed by atoms with Crippen LogP contribution in [-0.4, -0.2) is 56.8 Å². The second kappa shape index (κ2) is 9.07. The third-order valence-electron chi connectivity index (χ3n) is 7.44. The zero-order valence-corrected chi connectivity index (χ0v) is 22.1. The minimum atomic E-state index is -5.19. The Morgan fingerprint density at radius 2 is 1.89 bits per heavy atom. The Bertz CT molecular complexity index is 1400. The van der Waals surface area contributed by atoms with Crippen molar-refractivity contribution in [3.8, 4) is 6.07 Å². The smallest absolute Gasteiger partial charge is 0.336 e. The maximum Gasteiger partial charge on any atom is 0.471 e. The first kappa shape index (κ1) is 27.6. The van der Waals surface area contributed by atoms with Crippen LogP contribution in [0.3, 0.4) is 0 Å². The van der Waals surface area contributed by atoms with E-state index in [2.05, 4.69) is 10.3 Å². The van der Waals surface area contributed by atoms with Crippen LogP contribution in [0, 0.1) is 34.0 Å². The second-order valence-corrected chi connectivity index (χ2v) is 12.2. The minimum Gasteiger partial charge on any atom is -0.336 e. The number of rotatable bonds is 5. The van der Waals surface area contributed by atoms with E-state index in [4.69, 9.17) is 0 Å². The van der Waals surface area contributed by atoms with Crippen LogP contribution in [0.25, 0.3) is 4.96 Å². The lowest BCUT2D eigenvalue weighted by Crippen LogP contribution is -2.60. The normalized spacial score (nSPS) is 23.8. The topological polar surface area (TPSA) is 137 Å². The van der Waals surface area contributed by atoms with Gasteiger partial charge in [-0.05, 0) is 22.7 Å². The third-order valence-corrected chi connectivity index (χ3v) is 8.20. The summed E-state index contributed by atoms with van der Waals surface area (Å²) in [6.07, 6.45) is -3.66. The Balaban J connectivity index is 1.62. The van der Waals surface area contributed by atoms with Crippen molar-refractivity contribution >= 4 is 34.0 Å². The van der Waals surface area contributed by atoms with Crippen molar-refractivity contribution in [3.05, 3.63) is 33.7 Å². The van der Waals surface area contributed by atoms with E-state index in [1.54, 1.807) is 10.7 Å². The fourth-order valence-electron chi connectivity index (χ4n) is 5.25. The van der Waals surface area contributed by atoms with E-state index >= 15 is 0 Å². The fraction of sp³-hybridized carbons (Fsp3) is 0.583. The number of alkyl halides is 3. The van der Waals surface area contributed by atoms with Gasteiger partial charge >= 0.3 is 12.1 Å². The van der Waals surface area contributed by atoms with Crippen molar-refractivity contribution in [2.45, 2.75) is 58.9 Å². The van der Waals surface area contributed by atoms with E-state index in [0.29, 0.717) is 4.96 Å². The molecule has 2 aromatic heterocycles. The van der Waals surface area contributed by atoms with Gasteiger partial charge in [0.25, 0.3) is 5.56 Å². The summed E-state index contributed by atoms with van der Waals surface area (Å²) < 4.78 is 40.3. The zero-order chi connectivity index (χ0) is 28.4. The van der Waals surface area contributed by atoms with Gasteiger partial charge < -0.3 is 15.5 Å². The molecule has 5 atom stereocenters. The van der Waals surface area contributed by atoms with Gasteiger partial charge in [-0.3, -0.25) is 23.6 Å². The molecule has 2 N–H and O–H groups in total. The molecule has 38 heavy (non-hydrogen) atoms. The summed E-state index contributed by atoms with van der Waals surface area (Å²) in [5.74, 6) is -4.15. The van der Waals surface area contributed by atoms with Crippen LogP contribution in [0.15, 0.2) is 22.4 Å². The maximum atomic E-state index is 13.6. The van der Waals surface area contributed by atoms with Gasteiger partial charge in [-0.1, -0.05) is 34.6 Å². The SMILES string of the molecule is CC(C)(C)C(NC(=O)C(F)(F)F)C(=O)N1C[C@H]2[C@@H]([C@H]1C(=O)NC(C#N)c1cc(=O)n3ccsc3n1)C2(C)C. The molecule has 2 unspecified atom stereocenters. The van der Waals surface area contributed by atoms with Crippen molar-refractivity contribution in [3.63, 3.8) is 0 Å². The fourth-order valence-corrected chi connectivity index (χ4v) is 5.97. The zero-order valence-electron chi connectivity index (χ0n) is 21.3. The van der Waals surface area contributed by atoms with Gasteiger partial charge in [0.1, 0.15) is 12.1 Å². The Kier molecular flexibility index (Phi) is 6.58. The van der Waals surface area contributed by atoms with Crippen LogP contribution in [0.4, 0.5) is 13.2 Å². The molecule has 1 aliphatic heterocycles. The molecule has 0 radical (unpaired) electrons. The molecule has 0 spiro atoms. The van der Waals surface area contributed by atoms with E-state index < -0.39 is 53.0 Å². The highest BCUT2D eigenvalue weighted by atomic mass is 32.1. The summed E-state index contributed by atoms with van der Waals surface area (Å²) in [5, 5.41) is 15.8. The number of nitrogens with one attached hydrogen (secondary N) is 2. The van der Waals surface area contributed by atoms with Gasteiger partial charge in [0.05, 0.1) is 11.8 Å². The monoisotopic (exact) mass is 552 g/mol. The van der Waals surface area contributed by atoms with Crippen molar-refractivity contribution in [1.82, 2.24) is 24.9 Å². The number of amides is 3. The molecule has 204 valence electrons. The summed E-state index contributed by atoms with van der Waals surface area (Å²) in [6.45, 7) is 8.50. The first-order chi connectivity index (χ1) is 17.5. The van der Waals surface area contributed by atoms with Crippen LogP contribution in [0.2, 0.25) is 0 Å². The number of halogens is 3. The minimum absolute atomic E-state index is 0.0285. The Hall–Kier alpha value is -3.47. The number of nitriles is 1. The number of carbonyl (C=O) groups excluding carboxylic acids is 3. The van der Waals surface area contributed by atoms with Crippen LogP contribution in [0.5, 0.6) is 0 Å². The van der Waals surface area contributed by atoms with Gasteiger partial charge in [-0.25, -0.2) is 4.98 Å². The summed E-state index contributed by atoms with van der Waals surface area (Å²) in [7, 11) is 0. The number of hydrogen-bond acceptors (Lipinski definition) is 7. The number of piperidine rings is 1. The van der Waals surface area contributed by atoms with Crippen LogP contribution in [-0.2, 0) is 14.4 Å². The highest BCUT2D eigenvalue weighted by molar-refractivity contribution is 7.15. The number of thiazole rings is 1. The lowest BCUT2D eigenvalue weighted by atomic mass is 9.85. The third kappa shape index (κ3) is 4.75. The van der Waals surface area contributed by atoms with E-state index in [9.17, 15) is 37.6 Å². The van der Waals surface area contributed by atoms with Gasteiger partial charge in [-0.2, -0.15) is 18.4 Å². The highest BCUT2D eigenvalue weighted by Crippen LogP contribution is 2.65. The second-order valence-electron chi connectivity index (χ2n) is 11.3. The highest BCUT2D eigenvalue weighted by Gasteiger charge is 2.70. The number of nitrogens with zero attached hydrogens (tertiary/aromatic N) is 4. The molecule has 2 aliphatic rings. The van der Waals surface area contributed by atoms with E-state index in [-0.39, 0.29) is 29.5 Å². The molecule has 4 rings (SSSR count). The molecule has 1 saturated heterocycles. The molecule has 1 aliphatic carbocycles. The number of carbonyl (C=O) groups is 3. The van der Waals surface area contributed by atoms with Crippen molar-refractivity contribution < 1.29 is 27.6 Å². The standard InChI is InChI=1S/C24H27F3N6O4S/c1-22(2,3)17(31-20(37)24(25,26)27)19(36)33-10-11-15(23(11,4)5)16(33)18(35)29-13(9-28)12-8-14(34)32-6-7-38-21(32)30-12/h6-8,11,13,15-17H,10H2,1-5H3,(H,29,35)(H,31,37)/t11-,13?,15-,16-,17?/m0/s1. The van der Waals surface area contributed by atoms with Crippen LogP contribution < -0.4 is 16.2 Å². The van der Waals surface area contributed by atoms with Crippen molar-refractivity contribution in [2.75, 3.05) is 6.54 Å². The molecule has 14 heteroatoms. The van der Waals surface area contributed by atoms with Crippen LogP contribution >= 0.6 is 11.3 Å². The average Bonchev–Trinajstić information content (AvgIpc) is 3.22. The Morgan fingerprint density at radius 3 is 2.47 bits per heavy atom. The van der Waals surface area contributed by atoms with Crippen LogP contribution in [0.1, 0.15) is 46.4 Å². The molecule has 1 saturated carbocycles. The van der Waals surface area contributed by atoms with E-state index in [1.807, 2.05) is 19.9 Å². The molecule has 0 aromatic carbocycles. The average molecular weight is 553 g/mol. The molecule has 2 aromatic rings. The van der Waals surface area contributed by atoms with E-state index in [1.165, 1.54) is 47.6 Å². The molecule has 2 fully saturated rings. The molecule has 0 bridgehead atoms. The number of fused-ring (bicyclic) bond motifs is 2. The summed E-state index contributed by atoms with van der Waals surface area (Å²) in [6, 6.07) is -0.888. The number of hydrogen-bond donors (Lipinski definition) is 2. The molecule has 10 nitrogen and oxygen atoms in total. The number of aromatic nitrogens is 2. The largest absolute Gasteiger partial charge is 0.471 e. The summed E-state index contributed by atoms with van der Waals surface area (Å²) in [4.78, 5) is 57.0. The molecular formula is C24H27F3N6O4S. The Labute approximate surface area is 219 Å². The predicted molar refractivity (Wildman–Crippen MR) is 130 cm³/mol. The molecular weight excluding hydrogens is 525 g/mol.